The molecule has 1 aliphatic heterocycles. The maximum atomic E-state index is 13.5. The molecule has 1 N–H and O–H groups in total. The van der Waals surface area contributed by atoms with E-state index in [-0.39, 0.29) is 18.1 Å². The molecule has 0 bridgehead atoms. The lowest BCUT2D eigenvalue weighted by Gasteiger charge is -2.26. The van der Waals surface area contributed by atoms with E-state index in [0.717, 1.165) is 11.3 Å². The number of fused-ring (bicyclic) bond motifs is 1. The van der Waals surface area contributed by atoms with E-state index in [9.17, 15) is 14.0 Å². The van der Waals surface area contributed by atoms with Crippen molar-refractivity contribution in [2.45, 2.75) is 13.0 Å². The van der Waals surface area contributed by atoms with E-state index in [2.05, 4.69) is 10.2 Å². The molecule has 0 unspecified atom stereocenters. The van der Waals surface area contributed by atoms with Crippen molar-refractivity contribution in [2.75, 3.05) is 6.54 Å². The summed E-state index contributed by atoms with van der Waals surface area (Å²) in [6, 6.07) is 9.15. The van der Waals surface area contributed by atoms with Gasteiger partial charge in [-0.25, -0.2) is 4.39 Å². The zero-order valence-corrected chi connectivity index (χ0v) is 13.2. The van der Waals surface area contributed by atoms with E-state index < -0.39 is 11.7 Å². The third-order valence-corrected chi connectivity index (χ3v) is 4.26. The number of benzene rings is 1. The maximum absolute atomic E-state index is 13.5. The van der Waals surface area contributed by atoms with Gasteiger partial charge in [-0.15, -0.1) is 0 Å². The third kappa shape index (κ3) is 2.73. The summed E-state index contributed by atoms with van der Waals surface area (Å²) in [5, 5.41) is 7.21. The Kier molecular flexibility index (Phi) is 3.68. The fraction of sp³-hybridized carbons (Fsp3) is 0.167. The second-order valence-corrected chi connectivity index (χ2v) is 5.82. The van der Waals surface area contributed by atoms with Gasteiger partial charge in [0.25, 0.3) is 11.7 Å². The molecule has 0 radical (unpaired) electrons. The molecule has 0 atom stereocenters. The molecule has 2 aromatic heterocycles. The molecule has 7 heteroatoms. The average Bonchev–Trinajstić information content (AvgIpc) is 3.29. The number of hydrogen-bond donors (Lipinski definition) is 1. The number of rotatable bonds is 3. The van der Waals surface area contributed by atoms with Crippen molar-refractivity contribution >= 4 is 11.7 Å². The van der Waals surface area contributed by atoms with Crippen LogP contribution in [0.15, 0.2) is 47.1 Å². The number of furan rings is 1. The predicted octanol–water partition coefficient (Wildman–Crippen LogP) is 2.58. The number of aromatic nitrogens is 2. The van der Waals surface area contributed by atoms with Crippen LogP contribution in [0.5, 0.6) is 0 Å². The van der Waals surface area contributed by atoms with Crippen molar-refractivity contribution in [3.63, 3.8) is 0 Å². The molecule has 0 saturated heterocycles. The number of nitrogens with zero attached hydrogens (tertiary/aromatic N) is 2. The lowest BCUT2D eigenvalue weighted by molar-refractivity contribution is -0.127. The van der Waals surface area contributed by atoms with Crippen molar-refractivity contribution in [3.8, 4) is 11.3 Å². The summed E-state index contributed by atoms with van der Waals surface area (Å²) in [7, 11) is 0. The highest BCUT2D eigenvalue weighted by Gasteiger charge is 2.30. The molecule has 3 heterocycles. The number of hydrogen-bond acceptors (Lipinski definition) is 4. The summed E-state index contributed by atoms with van der Waals surface area (Å²) in [4.78, 5) is 26.1. The van der Waals surface area contributed by atoms with Crippen LogP contribution >= 0.6 is 0 Å². The zero-order chi connectivity index (χ0) is 17.4. The molecule has 0 saturated carbocycles. The number of carbonyl (C=O) groups excluding carboxylic acids is 2. The standard InChI is InChI=1S/C18H14FN3O3/c19-12-4-1-3-11(9-12)16-13-10-22(7-6-14(13)20-21-16)18(24)17(23)15-5-2-8-25-15/h1-5,8-9H,6-7,10H2,(H,20,21). The Morgan fingerprint density at radius 2 is 2.12 bits per heavy atom. The van der Waals surface area contributed by atoms with Gasteiger partial charge in [0, 0.05) is 29.8 Å². The van der Waals surface area contributed by atoms with E-state index >= 15 is 0 Å². The van der Waals surface area contributed by atoms with Gasteiger partial charge in [-0.2, -0.15) is 5.10 Å². The molecule has 6 nitrogen and oxygen atoms in total. The second kappa shape index (κ2) is 6.01. The molecule has 3 aromatic rings. The van der Waals surface area contributed by atoms with Crippen molar-refractivity contribution in [2.24, 2.45) is 0 Å². The van der Waals surface area contributed by atoms with Crippen LogP contribution in [-0.4, -0.2) is 33.3 Å². The van der Waals surface area contributed by atoms with Gasteiger partial charge in [-0.3, -0.25) is 14.7 Å². The van der Waals surface area contributed by atoms with Crippen LogP contribution in [-0.2, 0) is 17.8 Å². The zero-order valence-electron chi connectivity index (χ0n) is 13.2. The van der Waals surface area contributed by atoms with Gasteiger partial charge in [0.1, 0.15) is 5.82 Å². The fourth-order valence-corrected chi connectivity index (χ4v) is 3.00. The predicted molar refractivity (Wildman–Crippen MR) is 86.1 cm³/mol. The summed E-state index contributed by atoms with van der Waals surface area (Å²) in [5.41, 5.74) is 2.92. The Balaban J connectivity index is 1.62. The fourth-order valence-electron chi connectivity index (χ4n) is 3.00. The van der Waals surface area contributed by atoms with E-state index in [4.69, 9.17) is 4.42 Å². The SMILES string of the molecule is O=C(C(=O)N1CCc2[nH]nc(-c3cccc(F)c3)c2C1)c1ccco1. The van der Waals surface area contributed by atoms with Crippen molar-refractivity contribution in [3.05, 3.63) is 65.5 Å². The Labute approximate surface area is 142 Å². The summed E-state index contributed by atoms with van der Waals surface area (Å²) in [6.07, 6.45) is 1.90. The minimum absolute atomic E-state index is 0.0216. The van der Waals surface area contributed by atoms with E-state index in [1.54, 1.807) is 18.2 Å². The third-order valence-electron chi connectivity index (χ3n) is 4.26. The highest BCUT2D eigenvalue weighted by Crippen LogP contribution is 2.29. The van der Waals surface area contributed by atoms with Gasteiger partial charge < -0.3 is 9.32 Å². The summed E-state index contributed by atoms with van der Waals surface area (Å²) >= 11 is 0. The summed E-state index contributed by atoms with van der Waals surface area (Å²) in [6.45, 7) is 0.645. The molecule has 0 fully saturated rings. The first-order valence-electron chi connectivity index (χ1n) is 7.82. The van der Waals surface area contributed by atoms with Crippen molar-refractivity contribution < 1.29 is 18.4 Å². The van der Waals surface area contributed by atoms with Crippen LogP contribution in [0.3, 0.4) is 0 Å². The molecular formula is C18H14FN3O3. The quantitative estimate of drug-likeness (QED) is 0.587. The highest BCUT2D eigenvalue weighted by molar-refractivity contribution is 6.41. The van der Waals surface area contributed by atoms with E-state index in [1.165, 1.54) is 29.4 Å². The van der Waals surface area contributed by atoms with Crippen LogP contribution < -0.4 is 0 Å². The van der Waals surface area contributed by atoms with E-state index in [0.29, 0.717) is 24.2 Å². The minimum atomic E-state index is -0.677. The first kappa shape index (κ1) is 15.3. The first-order valence-corrected chi connectivity index (χ1v) is 7.82. The summed E-state index contributed by atoms with van der Waals surface area (Å²) < 4.78 is 18.5. The van der Waals surface area contributed by atoms with Crippen LogP contribution in [0.25, 0.3) is 11.3 Å². The molecule has 1 aliphatic rings. The molecular weight excluding hydrogens is 325 g/mol. The average molecular weight is 339 g/mol. The normalized spacial score (nSPS) is 13.6. The molecule has 0 spiro atoms. The number of amides is 1. The lowest BCUT2D eigenvalue weighted by atomic mass is 10.0. The number of H-pyrrole nitrogens is 1. The van der Waals surface area contributed by atoms with Crippen LogP contribution in [0.1, 0.15) is 21.8 Å². The monoisotopic (exact) mass is 339 g/mol. The number of Topliss-reactive ketones (excluding diaryl/α,β-unsaturated/α-hetero) is 1. The number of nitrogens with one attached hydrogen (secondary N) is 1. The number of ketones is 1. The van der Waals surface area contributed by atoms with Crippen LogP contribution in [0.2, 0.25) is 0 Å². The second-order valence-electron chi connectivity index (χ2n) is 5.82. The maximum Gasteiger partial charge on any atom is 0.298 e. The van der Waals surface area contributed by atoms with Gasteiger partial charge >= 0.3 is 0 Å². The van der Waals surface area contributed by atoms with Crippen molar-refractivity contribution in [1.82, 2.24) is 15.1 Å². The van der Waals surface area contributed by atoms with Gasteiger partial charge in [-0.1, -0.05) is 12.1 Å². The number of aromatic amines is 1. The smallest absolute Gasteiger partial charge is 0.298 e. The number of halogens is 1. The van der Waals surface area contributed by atoms with Gasteiger partial charge in [0.15, 0.2) is 5.76 Å². The van der Waals surface area contributed by atoms with Gasteiger partial charge in [0.05, 0.1) is 18.5 Å². The molecule has 1 aromatic carbocycles. The Morgan fingerprint density at radius 3 is 2.88 bits per heavy atom. The van der Waals surface area contributed by atoms with Gasteiger partial charge in [-0.05, 0) is 24.3 Å². The largest absolute Gasteiger partial charge is 0.461 e. The topological polar surface area (TPSA) is 79.2 Å². The highest BCUT2D eigenvalue weighted by atomic mass is 19.1. The van der Waals surface area contributed by atoms with E-state index in [1.807, 2.05) is 0 Å². The Morgan fingerprint density at radius 1 is 1.24 bits per heavy atom. The summed E-state index contributed by atoms with van der Waals surface area (Å²) in [5.74, 6) is -1.63. The Hall–Kier alpha value is -3.22. The van der Waals surface area contributed by atoms with Crippen LogP contribution in [0.4, 0.5) is 4.39 Å². The van der Waals surface area contributed by atoms with Crippen molar-refractivity contribution in [1.29, 1.82) is 0 Å². The first-order chi connectivity index (χ1) is 12.1. The van der Waals surface area contributed by atoms with Gasteiger partial charge in [0.2, 0.25) is 0 Å². The Bertz CT molecular complexity index is 946. The lowest BCUT2D eigenvalue weighted by Crippen LogP contribution is -2.40. The molecule has 4 rings (SSSR count). The number of carbonyl (C=O) groups is 2. The molecule has 25 heavy (non-hydrogen) atoms. The molecule has 0 aliphatic carbocycles. The van der Waals surface area contributed by atoms with Crippen LogP contribution in [0, 0.1) is 5.82 Å². The minimum Gasteiger partial charge on any atom is -0.461 e. The molecule has 1 amide bonds. The molecule has 126 valence electrons.